The van der Waals surface area contributed by atoms with Crippen LogP contribution in [-0.2, 0) is 11.2 Å². The number of carbonyl (C=O) groups is 1. The molecule has 2 rings (SSSR count). The SMILES string of the molecule is CCCCNC(=O)CCc1nnc(-c2ccccc2Cl)o1. The van der Waals surface area contributed by atoms with Gasteiger partial charge < -0.3 is 9.73 Å². The Hall–Kier alpha value is -1.88. The second-order valence-electron chi connectivity index (χ2n) is 4.68. The van der Waals surface area contributed by atoms with Gasteiger partial charge in [-0.05, 0) is 18.6 Å². The Labute approximate surface area is 128 Å². The van der Waals surface area contributed by atoms with Crippen molar-refractivity contribution in [1.29, 1.82) is 0 Å². The number of nitrogens with zero attached hydrogens (tertiary/aromatic N) is 2. The van der Waals surface area contributed by atoms with Crippen LogP contribution < -0.4 is 5.32 Å². The lowest BCUT2D eigenvalue weighted by atomic mass is 10.2. The van der Waals surface area contributed by atoms with Gasteiger partial charge in [0.1, 0.15) is 0 Å². The van der Waals surface area contributed by atoms with Gasteiger partial charge in [0.05, 0.1) is 10.6 Å². The van der Waals surface area contributed by atoms with E-state index in [2.05, 4.69) is 22.4 Å². The van der Waals surface area contributed by atoms with Crippen molar-refractivity contribution in [1.82, 2.24) is 15.5 Å². The van der Waals surface area contributed by atoms with E-state index in [9.17, 15) is 4.79 Å². The summed E-state index contributed by atoms with van der Waals surface area (Å²) in [5.74, 6) is 0.818. The van der Waals surface area contributed by atoms with Crippen LogP contribution in [0.4, 0.5) is 0 Å². The summed E-state index contributed by atoms with van der Waals surface area (Å²) in [5.41, 5.74) is 0.699. The summed E-state index contributed by atoms with van der Waals surface area (Å²) in [6.07, 6.45) is 2.82. The summed E-state index contributed by atoms with van der Waals surface area (Å²) in [5, 5.41) is 11.3. The largest absolute Gasteiger partial charge is 0.421 e. The van der Waals surface area contributed by atoms with Gasteiger partial charge in [0, 0.05) is 19.4 Å². The monoisotopic (exact) mass is 307 g/mol. The molecule has 2 aromatic rings. The van der Waals surface area contributed by atoms with Crippen LogP contribution in [0.25, 0.3) is 11.5 Å². The predicted octanol–water partition coefficient (Wildman–Crippen LogP) is 3.24. The lowest BCUT2D eigenvalue weighted by Gasteiger charge is -2.02. The molecule has 0 bridgehead atoms. The van der Waals surface area contributed by atoms with E-state index in [0.29, 0.717) is 41.8 Å². The van der Waals surface area contributed by atoms with Crippen molar-refractivity contribution in [3.05, 3.63) is 35.2 Å². The van der Waals surface area contributed by atoms with E-state index in [-0.39, 0.29) is 5.91 Å². The highest BCUT2D eigenvalue weighted by Gasteiger charge is 2.12. The molecule has 0 radical (unpaired) electrons. The zero-order valence-corrected chi connectivity index (χ0v) is 12.7. The van der Waals surface area contributed by atoms with Gasteiger partial charge in [0.2, 0.25) is 17.7 Å². The molecule has 112 valence electrons. The van der Waals surface area contributed by atoms with Crippen molar-refractivity contribution in [2.45, 2.75) is 32.6 Å². The molecule has 0 spiro atoms. The third-order valence-corrected chi connectivity index (χ3v) is 3.32. The van der Waals surface area contributed by atoms with E-state index in [1.807, 2.05) is 18.2 Å². The van der Waals surface area contributed by atoms with Crippen molar-refractivity contribution < 1.29 is 9.21 Å². The molecule has 0 saturated carbocycles. The number of aryl methyl sites for hydroxylation is 1. The second kappa shape index (κ2) is 7.78. The molecule has 0 saturated heterocycles. The fraction of sp³-hybridized carbons (Fsp3) is 0.400. The number of benzene rings is 1. The third-order valence-electron chi connectivity index (χ3n) is 2.99. The average molecular weight is 308 g/mol. The maximum Gasteiger partial charge on any atom is 0.249 e. The van der Waals surface area contributed by atoms with Crippen LogP contribution in [0.3, 0.4) is 0 Å². The highest BCUT2D eigenvalue weighted by atomic mass is 35.5. The smallest absolute Gasteiger partial charge is 0.249 e. The molecule has 1 aromatic carbocycles. The first-order valence-corrected chi connectivity index (χ1v) is 7.42. The minimum Gasteiger partial charge on any atom is -0.421 e. The van der Waals surface area contributed by atoms with Crippen LogP contribution in [0.2, 0.25) is 5.02 Å². The molecule has 1 amide bonds. The molecule has 0 aliphatic carbocycles. The Morgan fingerprint density at radius 3 is 2.90 bits per heavy atom. The van der Waals surface area contributed by atoms with E-state index >= 15 is 0 Å². The molecule has 6 heteroatoms. The van der Waals surface area contributed by atoms with Gasteiger partial charge >= 0.3 is 0 Å². The fourth-order valence-corrected chi connectivity index (χ4v) is 2.03. The van der Waals surface area contributed by atoms with Gasteiger partial charge in [0.15, 0.2) is 0 Å². The highest BCUT2D eigenvalue weighted by Crippen LogP contribution is 2.26. The Balaban J connectivity index is 1.89. The molecule has 0 fully saturated rings. The summed E-state index contributed by atoms with van der Waals surface area (Å²) < 4.78 is 5.54. The summed E-state index contributed by atoms with van der Waals surface area (Å²) >= 11 is 6.07. The molecule has 0 atom stereocenters. The summed E-state index contributed by atoms with van der Waals surface area (Å²) in [6.45, 7) is 2.80. The van der Waals surface area contributed by atoms with Crippen molar-refractivity contribution >= 4 is 17.5 Å². The third kappa shape index (κ3) is 4.56. The van der Waals surface area contributed by atoms with Crippen LogP contribution in [0, 0.1) is 0 Å². The molecular formula is C15H18ClN3O2. The maximum absolute atomic E-state index is 11.6. The van der Waals surface area contributed by atoms with Crippen molar-refractivity contribution in [3.8, 4) is 11.5 Å². The molecule has 0 unspecified atom stereocenters. The Bertz CT molecular complexity index is 598. The van der Waals surface area contributed by atoms with Crippen LogP contribution in [0.15, 0.2) is 28.7 Å². The van der Waals surface area contributed by atoms with Crippen LogP contribution in [-0.4, -0.2) is 22.6 Å². The topological polar surface area (TPSA) is 68.0 Å². The zero-order chi connectivity index (χ0) is 15.1. The van der Waals surface area contributed by atoms with Gasteiger partial charge in [-0.1, -0.05) is 37.1 Å². The van der Waals surface area contributed by atoms with Crippen LogP contribution >= 0.6 is 11.6 Å². The number of aromatic nitrogens is 2. The van der Waals surface area contributed by atoms with E-state index in [4.69, 9.17) is 16.0 Å². The number of unbranched alkanes of at least 4 members (excludes halogenated alkanes) is 1. The van der Waals surface area contributed by atoms with Gasteiger partial charge in [0.25, 0.3) is 0 Å². The summed E-state index contributed by atoms with van der Waals surface area (Å²) in [4.78, 5) is 11.6. The van der Waals surface area contributed by atoms with Gasteiger partial charge in [-0.2, -0.15) is 0 Å². The van der Waals surface area contributed by atoms with E-state index in [1.165, 1.54) is 0 Å². The van der Waals surface area contributed by atoms with Crippen molar-refractivity contribution in [2.24, 2.45) is 0 Å². The standard InChI is InChI=1S/C15H18ClN3O2/c1-2-3-10-17-13(20)8-9-14-18-19-15(21-14)11-6-4-5-7-12(11)16/h4-7H,2-3,8-10H2,1H3,(H,17,20). The van der Waals surface area contributed by atoms with Crippen molar-refractivity contribution in [2.75, 3.05) is 6.54 Å². The number of hydrogen-bond acceptors (Lipinski definition) is 4. The fourth-order valence-electron chi connectivity index (χ4n) is 1.81. The first-order valence-electron chi connectivity index (χ1n) is 7.04. The molecule has 0 aliphatic rings. The van der Waals surface area contributed by atoms with Crippen LogP contribution in [0.5, 0.6) is 0 Å². The lowest BCUT2D eigenvalue weighted by Crippen LogP contribution is -2.24. The highest BCUT2D eigenvalue weighted by molar-refractivity contribution is 6.33. The first kappa shape index (κ1) is 15.5. The van der Waals surface area contributed by atoms with E-state index in [0.717, 1.165) is 12.8 Å². The Morgan fingerprint density at radius 2 is 2.14 bits per heavy atom. The van der Waals surface area contributed by atoms with Crippen molar-refractivity contribution in [3.63, 3.8) is 0 Å². The number of nitrogens with one attached hydrogen (secondary N) is 1. The predicted molar refractivity (Wildman–Crippen MR) is 81.0 cm³/mol. The molecule has 1 heterocycles. The van der Waals surface area contributed by atoms with Gasteiger partial charge in [-0.15, -0.1) is 10.2 Å². The number of rotatable bonds is 7. The molecule has 21 heavy (non-hydrogen) atoms. The minimum atomic E-state index is 0.000874. The molecule has 1 aromatic heterocycles. The normalized spacial score (nSPS) is 10.6. The summed E-state index contributed by atoms with van der Waals surface area (Å²) in [6, 6.07) is 7.27. The first-order chi connectivity index (χ1) is 10.2. The van der Waals surface area contributed by atoms with Gasteiger partial charge in [-0.25, -0.2) is 0 Å². The Morgan fingerprint density at radius 1 is 1.33 bits per heavy atom. The second-order valence-corrected chi connectivity index (χ2v) is 5.09. The summed E-state index contributed by atoms with van der Waals surface area (Å²) in [7, 11) is 0. The van der Waals surface area contributed by atoms with Gasteiger partial charge in [-0.3, -0.25) is 4.79 Å². The lowest BCUT2D eigenvalue weighted by molar-refractivity contribution is -0.121. The Kier molecular flexibility index (Phi) is 5.75. The molecule has 5 nitrogen and oxygen atoms in total. The molecule has 0 aliphatic heterocycles. The minimum absolute atomic E-state index is 0.000874. The zero-order valence-electron chi connectivity index (χ0n) is 11.9. The number of halogens is 1. The maximum atomic E-state index is 11.6. The number of carbonyl (C=O) groups excluding carboxylic acids is 1. The molecule has 1 N–H and O–H groups in total. The average Bonchev–Trinajstić information content (AvgIpc) is 2.94. The number of amides is 1. The van der Waals surface area contributed by atoms with E-state index in [1.54, 1.807) is 6.07 Å². The van der Waals surface area contributed by atoms with Crippen LogP contribution in [0.1, 0.15) is 32.1 Å². The van der Waals surface area contributed by atoms with E-state index < -0.39 is 0 Å². The quantitative estimate of drug-likeness (QED) is 0.797. The molecular weight excluding hydrogens is 290 g/mol. The number of hydrogen-bond donors (Lipinski definition) is 1.